The molecule has 1 aliphatic rings. The van der Waals surface area contributed by atoms with E-state index >= 15 is 0 Å². The Balaban J connectivity index is 1.81. The molecule has 1 fully saturated rings. The van der Waals surface area contributed by atoms with Crippen LogP contribution in [0.4, 0.5) is 0 Å². The SMILES string of the molecule is CC1CCCC(SCc2cc(C#CCN)cs2)C1. The zero-order chi connectivity index (χ0) is 12.8. The number of hydrogen-bond acceptors (Lipinski definition) is 3. The monoisotopic (exact) mass is 279 g/mol. The summed E-state index contributed by atoms with van der Waals surface area (Å²) in [5.41, 5.74) is 6.50. The number of thiophene rings is 1. The highest BCUT2D eigenvalue weighted by Gasteiger charge is 2.19. The molecule has 98 valence electrons. The topological polar surface area (TPSA) is 26.0 Å². The smallest absolute Gasteiger partial charge is 0.0555 e. The predicted molar refractivity (Wildman–Crippen MR) is 83.0 cm³/mol. The highest BCUT2D eigenvalue weighted by molar-refractivity contribution is 7.99. The molecule has 0 radical (unpaired) electrons. The molecule has 0 aromatic carbocycles. The van der Waals surface area contributed by atoms with Crippen molar-refractivity contribution in [3.63, 3.8) is 0 Å². The van der Waals surface area contributed by atoms with Crippen LogP contribution in [0.25, 0.3) is 0 Å². The summed E-state index contributed by atoms with van der Waals surface area (Å²) in [6.45, 7) is 2.83. The van der Waals surface area contributed by atoms with Crippen LogP contribution in [0.5, 0.6) is 0 Å². The lowest BCUT2D eigenvalue weighted by Gasteiger charge is -2.25. The maximum Gasteiger partial charge on any atom is 0.0555 e. The van der Waals surface area contributed by atoms with Gasteiger partial charge >= 0.3 is 0 Å². The molecular formula is C15H21NS2. The van der Waals surface area contributed by atoms with Gasteiger partial charge in [0.1, 0.15) is 0 Å². The quantitative estimate of drug-likeness (QED) is 0.850. The molecular weight excluding hydrogens is 258 g/mol. The molecule has 18 heavy (non-hydrogen) atoms. The molecule has 0 aliphatic heterocycles. The molecule has 2 rings (SSSR count). The summed E-state index contributed by atoms with van der Waals surface area (Å²) in [6.07, 6.45) is 5.64. The van der Waals surface area contributed by atoms with Gasteiger partial charge in [0.15, 0.2) is 0 Å². The Morgan fingerprint density at radius 2 is 2.39 bits per heavy atom. The summed E-state index contributed by atoms with van der Waals surface area (Å²) in [7, 11) is 0. The van der Waals surface area contributed by atoms with Crippen LogP contribution in [-0.4, -0.2) is 11.8 Å². The van der Waals surface area contributed by atoms with Gasteiger partial charge in [0.05, 0.1) is 6.54 Å². The highest BCUT2D eigenvalue weighted by atomic mass is 32.2. The number of thioether (sulfide) groups is 1. The first-order valence-electron chi connectivity index (χ1n) is 6.66. The fourth-order valence-corrected chi connectivity index (χ4v) is 4.76. The molecule has 2 atom stereocenters. The molecule has 0 spiro atoms. The van der Waals surface area contributed by atoms with E-state index in [1.165, 1.54) is 30.6 Å². The Morgan fingerprint density at radius 1 is 1.50 bits per heavy atom. The van der Waals surface area contributed by atoms with Crippen molar-refractivity contribution in [3.8, 4) is 11.8 Å². The first-order chi connectivity index (χ1) is 8.78. The Morgan fingerprint density at radius 3 is 3.17 bits per heavy atom. The summed E-state index contributed by atoms with van der Waals surface area (Å²) >= 11 is 3.95. The van der Waals surface area contributed by atoms with Crippen LogP contribution in [0, 0.1) is 17.8 Å². The number of nitrogens with two attached hydrogens (primary N) is 1. The van der Waals surface area contributed by atoms with Crippen molar-refractivity contribution in [1.29, 1.82) is 0 Å². The average molecular weight is 279 g/mol. The van der Waals surface area contributed by atoms with Gasteiger partial charge in [-0.1, -0.05) is 31.6 Å². The number of rotatable bonds is 3. The molecule has 1 nitrogen and oxygen atoms in total. The normalized spacial score (nSPS) is 23.4. The van der Waals surface area contributed by atoms with Gasteiger partial charge in [-0.15, -0.1) is 11.3 Å². The van der Waals surface area contributed by atoms with Gasteiger partial charge in [-0.05, 0) is 24.8 Å². The van der Waals surface area contributed by atoms with E-state index < -0.39 is 0 Å². The average Bonchev–Trinajstić information content (AvgIpc) is 2.82. The van der Waals surface area contributed by atoms with Crippen molar-refractivity contribution in [2.24, 2.45) is 11.7 Å². The van der Waals surface area contributed by atoms with Crippen molar-refractivity contribution < 1.29 is 0 Å². The Labute approximate surface area is 119 Å². The van der Waals surface area contributed by atoms with E-state index in [4.69, 9.17) is 5.73 Å². The highest BCUT2D eigenvalue weighted by Crippen LogP contribution is 2.34. The molecule has 0 amide bonds. The summed E-state index contributed by atoms with van der Waals surface area (Å²) in [4.78, 5) is 1.44. The van der Waals surface area contributed by atoms with E-state index in [0.29, 0.717) is 6.54 Å². The molecule has 2 unspecified atom stereocenters. The molecule has 1 heterocycles. The van der Waals surface area contributed by atoms with E-state index in [1.54, 1.807) is 0 Å². The second kappa shape index (κ2) is 7.23. The molecule has 1 aromatic rings. The molecule has 0 bridgehead atoms. The summed E-state index contributed by atoms with van der Waals surface area (Å²) in [6, 6.07) is 2.21. The van der Waals surface area contributed by atoms with Crippen LogP contribution < -0.4 is 5.73 Å². The summed E-state index contributed by atoms with van der Waals surface area (Å²) in [5, 5.41) is 3.01. The van der Waals surface area contributed by atoms with Crippen LogP contribution >= 0.6 is 23.1 Å². The lowest BCUT2D eigenvalue weighted by molar-refractivity contribution is 0.394. The Kier molecular flexibility index (Phi) is 5.62. The zero-order valence-corrected chi connectivity index (χ0v) is 12.6. The Bertz CT molecular complexity index is 427. The van der Waals surface area contributed by atoms with Gasteiger partial charge in [0.25, 0.3) is 0 Å². The van der Waals surface area contributed by atoms with Crippen molar-refractivity contribution in [2.75, 3.05) is 6.54 Å². The van der Waals surface area contributed by atoms with Gasteiger partial charge in [0.2, 0.25) is 0 Å². The second-order valence-corrected chi connectivity index (χ2v) is 7.30. The number of hydrogen-bond donors (Lipinski definition) is 1. The fraction of sp³-hybridized carbons (Fsp3) is 0.600. The van der Waals surface area contributed by atoms with Crippen molar-refractivity contribution in [3.05, 3.63) is 21.9 Å². The molecule has 1 saturated carbocycles. The third-order valence-corrected chi connectivity index (χ3v) is 5.83. The van der Waals surface area contributed by atoms with E-state index in [0.717, 1.165) is 22.5 Å². The zero-order valence-electron chi connectivity index (χ0n) is 10.9. The summed E-state index contributed by atoms with van der Waals surface area (Å²) < 4.78 is 0. The third-order valence-electron chi connectivity index (χ3n) is 3.34. The lowest BCUT2D eigenvalue weighted by atomic mass is 9.91. The fourth-order valence-electron chi connectivity index (χ4n) is 2.40. The third kappa shape index (κ3) is 4.35. The molecule has 0 saturated heterocycles. The van der Waals surface area contributed by atoms with Crippen LogP contribution in [0.1, 0.15) is 43.0 Å². The van der Waals surface area contributed by atoms with Crippen molar-refractivity contribution in [1.82, 2.24) is 0 Å². The largest absolute Gasteiger partial charge is 0.320 e. The van der Waals surface area contributed by atoms with E-state index in [-0.39, 0.29) is 0 Å². The van der Waals surface area contributed by atoms with E-state index in [9.17, 15) is 0 Å². The predicted octanol–water partition coefficient (Wildman–Crippen LogP) is 3.87. The van der Waals surface area contributed by atoms with Gasteiger partial charge < -0.3 is 5.73 Å². The first-order valence-corrected chi connectivity index (χ1v) is 8.58. The minimum absolute atomic E-state index is 0.444. The van der Waals surface area contributed by atoms with Crippen LogP contribution in [0.15, 0.2) is 11.4 Å². The van der Waals surface area contributed by atoms with Gasteiger partial charge in [-0.2, -0.15) is 11.8 Å². The first kappa shape index (κ1) is 14.0. The van der Waals surface area contributed by atoms with Gasteiger partial charge in [0, 0.05) is 26.8 Å². The minimum atomic E-state index is 0.444. The van der Waals surface area contributed by atoms with Crippen LogP contribution in [0.2, 0.25) is 0 Å². The molecule has 1 aromatic heterocycles. The maximum absolute atomic E-state index is 5.38. The van der Waals surface area contributed by atoms with Gasteiger partial charge in [-0.25, -0.2) is 0 Å². The van der Waals surface area contributed by atoms with Gasteiger partial charge in [-0.3, -0.25) is 0 Å². The summed E-state index contributed by atoms with van der Waals surface area (Å²) in [5.74, 6) is 8.07. The van der Waals surface area contributed by atoms with E-state index in [2.05, 4.69) is 42.0 Å². The maximum atomic E-state index is 5.38. The Hall–Kier alpha value is -0.430. The molecule has 3 heteroatoms. The minimum Gasteiger partial charge on any atom is -0.320 e. The molecule has 2 N–H and O–H groups in total. The van der Waals surface area contributed by atoms with Crippen molar-refractivity contribution in [2.45, 2.75) is 43.6 Å². The molecule has 1 aliphatic carbocycles. The van der Waals surface area contributed by atoms with Crippen molar-refractivity contribution >= 4 is 23.1 Å². The van der Waals surface area contributed by atoms with Crippen LogP contribution in [0.3, 0.4) is 0 Å². The second-order valence-electron chi connectivity index (χ2n) is 5.01. The van der Waals surface area contributed by atoms with E-state index in [1.807, 2.05) is 11.3 Å². The van der Waals surface area contributed by atoms with Crippen LogP contribution in [-0.2, 0) is 5.75 Å². The lowest BCUT2D eigenvalue weighted by Crippen LogP contribution is -2.15. The standard InChI is InChI=1S/C15H21NS2/c1-12-4-2-6-14(8-12)18-11-15-9-13(10-17-15)5-3-7-16/h9-10,12,14H,2,4,6-8,11,16H2,1H3.